The Kier molecular flexibility index (Phi) is 5.44. The Bertz CT molecular complexity index is 1120. The van der Waals surface area contributed by atoms with Crippen molar-refractivity contribution in [1.82, 2.24) is 0 Å². The molecule has 0 bridgehead atoms. The third kappa shape index (κ3) is 4.00. The molecular formula is C21H21N3O4S. The van der Waals surface area contributed by atoms with Crippen LogP contribution in [-0.2, 0) is 19.4 Å². The van der Waals surface area contributed by atoms with Crippen molar-refractivity contribution in [2.75, 3.05) is 22.6 Å². The number of anilines is 2. The highest BCUT2D eigenvalue weighted by atomic mass is 32.2. The van der Waals surface area contributed by atoms with Gasteiger partial charge < -0.3 is 9.80 Å². The molecule has 1 aliphatic rings. The third-order valence-electron chi connectivity index (χ3n) is 4.90. The van der Waals surface area contributed by atoms with Crippen molar-refractivity contribution in [3.63, 3.8) is 0 Å². The molecule has 2 aromatic rings. The van der Waals surface area contributed by atoms with E-state index in [-0.39, 0.29) is 29.2 Å². The summed E-state index contributed by atoms with van der Waals surface area (Å²) in [6.07, 6.45) is 0.899. The van der Waals surface area contributed by atoms with Gasteiger partial charge in [-0.1, -0.05) is 18.2 Å². The van der Waals surface area contributed by atoms with Gasteiger partial charge >= 0.3 is 0 Å². The van der Waals surface area contributed by atoms with Gasteiger partial charge in [-0.3, -0.25) is 9.59 Å². The number of fused-ring (bicyclic) bond motifs is 1. The smallest absolute Gasteiger partial charge is 0.241 e. The molecule has 7 nitrogen and oxygen atoms in total. The molecule has 2 aromatic carbocycles. The van der Waals surface area contributed by atoms with Crippen LogP contribution in [0.15, 0.2) is 47.4 Å². The molecule has 0 fully saturated rings. The van der Waals surface area contributed by atoms with Crippen molar-refractivity contribution in [2.24, 2.45) is 0 Å². The van der Waals surface area contributed by atoms with Crippen molar-refractivity contribution in [1.29, 1.82) is 5.26 Å². The molecule has 1 aliphatic heterocycles. The van der Waals surface area contributed by atoms with Crippen LogP contribution >= 0.6 is 0 Å². The fourth-order valence-corrected chi connectivity index (χ4v) is 4.21. The van der Waals surface area contributed by atoms with Gasteiger partial charge in [0.15, 0.2) is 9.84 Å². The van der Waals surface area contributed by atoms with Crippen LogP contribution in [0.5, 0.6) is 0 Å². The van der Waals surface area contributed by atoms with Gasteiger partial charge in [0, 0.05) is 19.7 Å². The summed E-state index contributed by atoms with van der Waals surface area (Å²) in [5.74, 6) is -0.454. The lowest BCUT2D eigenvalue weighted by Gasteiger charge is -2.40. The van der Waals surface area contributed by atoms with E-state index in [2.05, 4.69) is 0 Å². The van der Waals surface area contributed by atoms with E-state index >= 15 is 0 Å². The summed E-state index contributed by atoms with van der Waals surface area (Å²) in [7, 11) is -3.29. The summed E-state index contributed by atoms with van der Waals surface area (Å²) < 4.78 is 23.3. The molecule has 0 radical (unpaired) electrons. The highest BCUT2D eigenvalue weighted by molar-refractivity contribution is 7.90. The van der Waals surface area contributed by atoms with E-state index in [0.717, 1.165) is 17.4 Å². The number of nitriles is 1. The average molecular weight is 411 g/mol. The predicted octanol–water partition coefficient (Wildman–Crippen LogP) is 2.76. The van der Waals surface area contributed by atoms with Crippen molar-refractivity contribution in [3.05, 3.63) is 42.5 Å². The maximum atomic E-state index is 12.5. The van der Waals surface area contributed by atoms with Crippen LogP contribution in [-0.4, -0.2) is 39.1 Å². The Morgan fingerprint density at radius 3 is 2.28 bits per heavy atom. The van der Waals surface area contributed by atoms with Gasteiger partial charge in [-0.15, -0.1) is 0 Å². The van der Waals surface area contributed by atoms with Gasteiger partial charge in [-0.25, -0.2) is 8.42 Å². The number of amides is 2. The van der Waals surface area contributed by atoms with E-state index < -0.39 is 9.84 Å². The van der Waals surface area contributed by atoms with Crippen molar-refractivity contribution >= 4 is 33.0 Å². The summed E-state index contributed by atoms with van der Waals surface area (Å²) in [6, 6.07) is 13.5. The lowest BCUT2D eigenvalue weighted by Crippen LogP contribution is -2.51. The summed E-state index contributed by atoms with van der Waals surface area (Å²) in [4.78, 5) is 28.1. The lowest BCUT2D eigenvalue weighted by molar-refractivity contribution is -0.119. The number of hydrogen-bond acceptors (Lipinski definition) is 5. The Hall–Kier alpha value is -3.18. The molecule has 8 heteroatoms. The fraction of sp³-hybridized carbons (Fsp3) is 0.286. The van der Waals surface area contributed by atoms with Gasteiger partial charge in [0.05, 0.1) is 28.4 Å². The summed E-state index contributed by atoms with van der Waals surface area (Å²) in [5.41, 5.74) is 2.72. The van der Waals surface area contributed by atoms with Crippen LogP contribution in [0.1, 0.15) is 20.3 Å². The number of carbonyl (C=O) groups excluding carboxylic acids is 2. The molecule has 1 atom stereocenters. The van der Waals surface area contributed by atoms with E-state index in [1.165, 1.54) is 24.0 Å². The second-order valence-electron chi connectivity index (χ2n) is 7.08. The second-order valence-corrected chi connectivity index (χ2v) is 9.09. The molecule has 0 saturated heterocycles. The lowest BCUT2D eigenvalue weighted by atomic mass is 10.0. The first-order valence-corrected chi connectivity index (χ1v) is 10.9. The Morgan fingerprint density at radius 2 is 1.72 bits per heavy atom. The molecule has 0 saturated carbocycles. The van der Waals surface area contributed by atoms with E-state index in [9.17, 15) is 18.0 Å². The Labute approximate surface area is 170 Å². The van der Waals surface area contributed by atoms with Crippen LogP contribution in [0.3, 0.4) is 0 Å². The largest absolute Gasteiger partial charge is 0.307 e. The van der Waals surface area contributed by atoms with Crippen molar-refractivity contribution in [3.8, 4) is 17.2 Å². The van der Waals surface area contributed by atoms with E-state index in [4.69, 9.17) is 5.26 Å². The van der Waals surface area contributed by atoms with Crippen LogP contribution in [0.4, 0.5) is 11.4 Å². The number of rotatable bonds is 3. The number of nitrogens with zero attached hydrogens (tertiary/aromatic N) is 3. The Morgan fingerprint density at radius 1 is 1.10 bits per heavy atom. The zero-order valence-corrected chi connectivity index (χ0v) is 17.2. The minimum atomic E-state index is -3.29. The minimum Gasteiger partial charge on any atom is -0.307 e. The van der Waals surface area contributed by atoms with Gasteiger partial charge in [-0.2, -0.15) is 5.26 Å². The van der Waals surface area contributed by atoms with Gasteiger partial charge in [-0.05, 0) is 42.3 Å². The average Bonchev–Trinajstić information content (AvgIpc) is 2.66. The molecule has 2 amide bonds. The highest BCUT2D eigenvalue weighted by Crippen LogP contribution is 2.39. The summed E-state index contributed by atoms with van der Waals surface area (Å²) >= 11 is 0. The van der Waals surface area contributed by atoms with Crippen LogP contribution < -0.4 is 9.80 Å². The van der Waals surface area contributed by atoms with Gasteiger partial charge in [0.25, 0.3) is 0 Å². The quantitative estimate of drug-likeness (QED) is 0.773. The normalized spacial score (nSPS) is 16.1. The Balaban J connectivity index is 2.10. The van der Waals surface area contributed by atoms with Gasteiger partial charge in [0.1, 0.15) is 6.42 Å². The SMILES string of the molecule is CC(=O)N1c2ccc(-c3ccc(S(C)(=O)=O)cc3)cc2N(C(=O)CC#N)CC1C. The number of benzene rings is 2. The summed E-state index contributed by atoms with van der Waals surface area (Å²) in [5, 5.41) is 8.93. The highest BCUT2D eigenvalue weighted by Gasteiger charge is 2.33. The molecule has 1 unspecified atom stereocenters. The number of sulfone groups is 1. The van der Waals surface area contributed by atoms with E-state index in [1.807, 2.05) is 19.1 Å². The molecule has 0 aromatic heterocycles. The third-order valence-corrected chi connectivity index (χ3v) is 6.03. The number of hydrogen-bond donors (Lipinski definition) is 0. The monoisotopic (exact) mass is 411 g/mol. The minimum absolute atomic E-state index is 0.128. The molecule has 3 rings (SSSR count). The molecule has 1 heterocycles. The summed E-state index contributed by atoms with van der Waals surface area (Å²) in [6.45, 7) is 3.63. The van der Waals surface area contributed by atoms with E-state index in [0.29, 0.717) is 17.9 Å². The first-order valence-electron chi connectivity index (χ1n) is 9.05. The first-order chi connectivity index (χ1) is 13.6. The molecular weight excluding hydrogens is 390 g/mol. The molecule has 0 aliphatic carbocycles. The maximum Gasteiger partial charge on any atom is 0.241 e. The van der Waals surface area contributed by atoms with Crippen LogP contribution in [0, 0.1) is 11.3 Å². The zero-order valence-electron chi connectivity index (χ0n) is 16.4. The van der Waals surface area contributed by atoms with Crippen LogP contribution in [0.25, 0.3) is 11.1 Å². The molecule has 150 valence electrons. The second kappa shape index (κ2) is 7.68. The standard InChI is InChI=1S/C21H21N3O4S/c1-14-13-23(21(26)10-11-22)20-12-17(6-9-19(20)24(14)15(2)25)16-4-7-18(8-5-16)29(3,27)28/h4-9,12,14H,10,13H2,1-3H3. The molecule has 0 N–H and O–H groups in total. The molecule has 29 heavy (non-hydrogen) atoms. The first kappa shape index (κ1) is 20.6. The number of carbonyl (C=O) groups is 2. The van der Waals surface area contributed by atoms with Gasteiger partial charge in [0.2, 0.25) is 11.8 Å². The zero-order chi connectivity index (χ0) is 21.3. The van der Waals surface area contributed by atoms with Crippen molar-refractivity contribution < 1.29 is 18.0 Å². The molecule has 0 spiro atoms. The van der Waals surface area contributed by atoms with E-state index in [1.54, 1.807) is 29.2 Å². The van der Waals surface area contributed by atoms with Crippen LogP contribution in [0.2, 0.25) is 0 Å². The predicted molar refractivity (Wildman–Crippen MR) is 110 cm³/mol. The fourth-order valence-electron chi connectivity index (χ4n) is 3.58. The van der Waals surface area contributed by atoms with Crippen molar-refractivity contribution in [2.45, 2.75) is 31.2 Å². The maximum absolute atomic E-state index is 12.5. The topological polar surface area (TPSA) is 98.6 Å².